The van der Waals surface area contributed by atoms with Crippen LogP contribution in [0.4, 0.5) is 17.6 Å². The van der Waals surface area contributed by atoms with E-state index in [2.05, 4.69) is 4.74 Å². The zero-order chi connectivity index (χ0) is 13.8. The molecule has 0 unspecified atom stereocenters. The maximum atomic E-state index is 12.5. The second-order valence-electron chi connectivity index (χ2n) is 3.26. The normalized spacial score (nSPS) is 12.3. The molecule has 0 aliphatic heterocycles. The number of alkyl halides is 3. The number of hydrogen-bond donors (Lipinski definition) is 1. The zero-order valence-corrected chi connectivity index (χ0v) is 8.87. The van der Waals surface area contributed by atoms with E-state index in [0.717, 1.165) is 24.3 Å². The second kappa shape index (κ2) is 5.52. The lowest BCUT2D eigenvalue weighted by Crippen LogP contribution is -2.19. The number of aliphatic hydroxyl groups excluding tert-OH is 1. The van der Waals surface area contributed by atoms with Crippen LogP contribution in [0.25, 0.3) is 5.76 Å². The minimum absolute atomic E-state index is 0.0837. The van der Waals surface area contributed by atoms with Crippen molar-refractivity contribution < 1.29 is 32.2 Å². The van der Waals surface area contributed by atoms with Gasteiger partial charge in [-0.05, 0) is 24.3 Å². The molecule has 0 aromatic heterocycles. The predicted octanol–water partition coefficient (Wildman–Crippen LogP) is 2.83. The van der Waals surface area contributed by atoms with Gasteiger partial charge in [-0.25, -0.2) is 9.18 Å². The number of carbonyl (C=O) groups excluding carboxylic acids is 1. The Balaban J connectivity index is 2.66. The van der Waals surface area contributed by atoms with E-state index in [1.165, 1.54) is 0 Å². The molecule has 98 valence electrons. The maximum Gasteiger partial charge on any atom is 0.422 e. The van der Waals surface area contributed by atoms with Crippen molar-refractivity contribution in [2.24, 2.45) is 0 Å². The molecule has 0 atom stereocenters. The van der Waals surface area contributed by atoms with Gasteiger partial charge < -0.3 is 9.84 Å². The van der Waals surface area contributed by atoms with Crippen LogP contribution in [0.3, 0.4) is 0 Å². The Labute approximate surface area is 99.3 Å². The maximum absolute atomic E-state index is 12.5. The first-order chi connectivity index (χ1) is 8.28. The number of ether oxygens (including phenoxy) is 1. The molecule has 1 aromatic rings. The van der Waals surface area contributed by atoms with Gasteiger partial charge in [0.05, 0.1) is 6.08 Å². The minimum atomic E-state index is -4.63. The summed E-state index contributed by atoms with van der Waals surface area (Å²) in [5, 5.41) is 9.37. The average molecular weight is 264 g/mol. The Bertz CT molecular complexity index is 448. The molecule has 0 spiro atoms. The fraction of sp³-hybridized carbons (Fsp3) is 0.182. The SMILES string of the molecule is O=C(C=C(O)c1ccc(F)cc1)OCC(F)(F)F. The second-order valence-corrected chi connectivity index (χ2v) is 3.26. The summed E-state index contributed by atoms with van der Waals surface area (Å²) in [6.45, 7) is -1.74. The first-order valence-electron chi connectivity index (χ1n) is 4.68. The van der Waals surface area contributed by atoms with Crippen molar-refractivity contribution in [2.45, 2.75) is 6.18 Å². The van der Waals surface area contributed by atoms with E-state index in [9.17, 15) is 27.5 Å². The van der Waals surface area contributed by atoms with Crippen molar-refractivity contribution in [2.75, 3.05) is 6.61 Å². The molecule has 1 aromatic carbocycles. The van der Waals surface area contributed by atoms with Gasteiger partial charge in [-0.15, -0.1) is 0 Å². The molecule has 0 aliphatic carbocycles. The standard InChI is InChI=1S/C11H8F4O3/c12-8-3-1-7(2-4-8)9(16)5-10(17)18-6-11(13,14)15/h1-5,16H,6H2. The number of carbonyl (C=O) groups is 1. The van der Waals surface area contributed by atoms with Crippen LogP contribution in [0, 0.1) is 5.82 Å². The monoisotopic (exact) mass is 264 g/mol. The van der Waals surface area contributed by atoms with E-state index in [4.69, 9.17) is 0 Å². The highest BCUT2D eigenvalue weighted by atomic mass is 19.4. The summed E-state index contributed by atoms with van der Waals surface area (Å²) in [5.41, 5.74) is 0.0837. The summed E-state index contributed by atoms with van der Waals surface area (Å²) in [4.78, 5) is 10.9. The van der Waals surface area contributed by atoms with Gasteiger partial charge in [0.1, 0.15) is 11.6 Å². The van der Waals surface area contributed by atoms with Crippen molar-refractivity contribution in [3.05, 3.63) is 41.7 Å². The molecule has 0 heterocycles. The van der Waals surface area contributed by atoms with Gasteiger partial charge in [-0.2, -0.15) is 13.2 Å². The lowest BCUT2D eigenvalue weighted by molar-refractivity contribution is -0.182. The van der Waals surface area contributed by atoms with Crippen LogP contribution in [0.1, 0.15) is 5.56 Å². The predicted molar refractivity (Wildman–Crippen MR) is 54.0 cm³/mol. The van der Waals surface area contributed by atoms with E-state index < -0.39 is 30.3 Å². The van der Waals surface area contributed by atoms with E-state index in [0.29, 0.717) is 6.08 Å². The molecule has 0 bridgehead atoms. The van der Waals surface area contributed by atoms with Crippen LogP contribution in [-0.2, 0) is 9.53 Å². The summed E-state index contributed by atoms with van der Waals surface area (Å²) >= 11 is 0. The van der Waals surface area contributed by atoms with E-state index >= 15 is 0 Å². The third kappa shape index (κ3) is 4.86. The summed E-state index contributed by atoms with van der Waals surface area (Å²) < 4.78 is 51.6. The lowest BCUT2D eigenvalue weighted by atomic mass is 10.2. The number of rotatable bonds is 3. The molecule has 0 saturated heterocycles. The topological polar surface area (TPSA) is 46.5 Å². The van der Waals surface area contributed by atoms with Crippen LogP contribution >= 0.6 is 0 Å². The molecule has 1 N–H and O–H groups in total. The van der Waals surface area contributed by atoms with Crippen LogP contribution < -0.4 is 0 Å². The molecule has 0 radical (unpaired) electrons. The molecule has 0 amide bonds. The lowest BCUT2D eigenvalue weighted by Gasteiger charge is -2.06. The highest BCUT2D eigenvalue weighted by Crippen LogP contribution is 2.16. The Morgan fingerprint density at radius 1 is 1.28 bits per heavy atom. The van der Waals surface area contributed by atoms with E-state index in [1.54, 1.807) is 0 Å². The molecule has 0 aliphatic rings. The molecule has 0 fully saturated rings. The number of hydrogen-bond acceptors (Lipinski definition) is 3. The smallest absolute Gasteiger partial charge is 0.422 e. The van der Waals surface area contributed by atoms with Gasteiger partial charge in [0.2, 0.25) is 0 Å². The fourth-order valence-corrected chi connectivity index (χ4v) is 1.01. The van der Waals surface area contributed by atoms with Crippen LogP contribution in [0.2, 0.25) is 0 Å². The van der Waals surface area contributed by atoms with Gasteiger partial charge in [-0.3, -0.25) is 0 Å². The average Bonchev–Trinajstić information content (AvgIpc) is 2.26. The molecule has 1 rings (SSSR count). The van der Waals surface area contributed by atoms with Crippen molar-refractivity contribution in [3.8, 4) is 0 Å². The van der Waals surface area contributed by atoms with Crippen LogP contribution in [0.5, 0.6) is 0 Å². The summed E-state index contributed by atoms with van der Waals surface area (Å²) in [6, 6.07) is 4.39. The quantitative estimate of drug-likeness (QED) is 0.395. The van der Waals surface area contributed by atoms with Gasteiger partial charge >= 0.3 is 12.1 Å². The molecule has 18 heavy (non-hydrogen) atoms. The van der Waals surface area contributed by atoms with Crippen molar-refractivity contribution >= 4 is 11.7 Å². The zero-order valence-electron chi connectivity index (χ0n) is 8.87. The first kappa shape index (κ1) is 14.0. The Morgan fingerprint density at radius 2 is 1.83 bits per heavy atom. The largest absolute Gasteiger partial charge is 0.507 e. The Hall–Kier alpha value is -2.05. The van der Waals surface area contributed by atoms with Crippen molar-refractivity contribution in [1.82, 2.24) is 0 Å². The highest BCUT2D eigenvalue weighted by molar-refractivity contribution is 5.89. The third-order valence-electron chi connectivity index (χ3n) is 1.77. The van der Waals surface area contributed by atoms with E-state index in [1.807, 2.05) is 0 Å². The molecule has 7 heteroatoms. The number of esters is 1. The minimum Gasteiger partial charge on any atom is -0.507 e. The highest BCUT2D eigenvalue weighted by Gasteiger charge is 2.29. The molecular weight excluding hydrogens is 256 g/mol. The summed E-state index contributed by atoms with van der Waals surface area (Å²) in [6.07, 6.45) is -4.14. The van der Waals surface area contributed by atoms with Gasteiger partial charge in [-0.1, -0.05) is 0 Å². The van der Waals surface area contributed by atoms with Crippen LogP contribution in [0.15, 0.2) is 30.3 Å². The summed E-state index contributed by atoms with van der Waals surface area (Å²) in [7, 11) is 0. The van der Waals surface area contributed by atoms with Crippen molar-refractivity contribution in [3.63, 3.8) is 0 Å². The Kier molecular flexibility index (Phi) is 4.30. The molecular formula is C11H8F4O3. The van der Waals surface area contributed by atoms with Crippen LogP contribution in [-0.4, -0.2) is 23.9 Å². The number of benzene rings is 1. The third-order valence-corrected chi connectivity index (χ3v) is 1.77. The molecule has 0 saturated carbocycles. The molecule has 3 nitrogen and oxygen atoms in total. The number of halogens is 4. The van der Waals surface area contributed by atoms with Gasteiger partial charge in [0.25, 0.3) is 0 Å². The number of aliphatic hydroxyl groups is 1. The van der Waals surface area contributed by atoms with Gasteiger partial charge in [0, 0.05) is 5.56 Å². The van der Waals surface area contributed by atoms with Gasteiger partial charge in [0.15, 0.2) is 6.61 Å². The summed E-state index contributed by atoms with van der Waals surface area (Å²) in [5.74, 6) is -2.50. The van der Waals surface area contributed by atoms with Crippen molar-refractivity contribution in [1.29, 1.82) is 0 Å². The fourth-order valence-electron chi connectivity index (χ4n) is 1.01. The Morgan fingerprint density at radius 3 is 2.33 bits per heavy atom. The first-order valence-corrected chi connectivity index (χ1v) is 4.68. The van der Waals surface area contributed by atoms with E-state index in [-0.39, 0.29) is 5.56 Å².